The molecule has 0 spiro atoms. The van der Waals surface area contributed by atoms with Gasteiger partial charge in [-0.3, -0.25) is 4.79 Å². The minimum absolute atomic E-state index is 0.0723. The van der Waals surface area contributed by atoms with Crippen molar-refractivity contribution in [3.05, 3.63) is 64.2 Å². The normalized spacial score (nSPS) is 13.8. The Labute approximate surface area is 109 Å². The number of hydrogen-bond acceptors (Lipinski definition) is 2. The first kappa shape index (κ1) is 10.9. The lowest BCUT2D eigenvalue weighted by Gasteiger charge is -2.04. The van der Waals surface area contributed by atoms with Crippen LogP contribution >= 0.6 is 23.4 Å². The quantitative estimate of drug-likeness (QED) is 0.707. The second-order valence-electron chi connectivity index (χ2n) is 3.92. The first-order valence-corrected chi connectivity index (χ1v) is 6.67. The number of benzene rings is 2. The van der Waals surface area contributed by atoms with Gasteiger partial charge in [0.1, 0.15) is 0 Å². The van der Waals surface area contributed by atoms with E-state index in [0.29, 0.717) is 5.02 Å². The lowest BCUT2D eigenvalue weighted by Crippen LogP contribution is -2.03. The molecule has 3 heteroatoms. The van der Waals surface area contributed by atoms with Crippen molar-refractivity contribution >= 4 is 29.1 Å². The van der Waals surface area contributed by atoms with E-state index in [-0.39, 0.29) is 5.78 Å². The molecule has 1 aliphatic heterocycles. The van der Waals surface area contributed by atoms with Crippen LogP contribution in [0.3, 0.4) is 0 Å². The van der Waals surface area contributed by atoms with Gasteiger partial charge in [0.2, 0.25) is 0 Å². The summed E-state index contributed by atoms with van der Waals surface area (Å²) in [5.41, 5.74) is 2.56. The Balaban J connectivity index is 2.22. The van der Waals surface area contributed by atoms with E-state index in [4.69, 9.17) is 11.6 Å². The number of halogens is 1. The van der Waals surface area contributed by atoms with E-state index < -0.39 is 0 Å². The van der Waals surface area contributed by atoms with Crippen LogP contribution < -0.4 is 0 Å². The van der Waals surface area contributed by atoms with Crippen LogP contribution in [0.1, 0.15) is 21.5 Å². The van der Waals surface area contributed by atoms with Crippen molar-refractivity contribution in [3.8, 4) is 0 Å². The molecule has 2 aromatic rings. The highest BCUT2D eigenvalue weighted by molar-refractivity contribution is 7.98. The number of thioether (sulfide) groups is 1. The Bertz CT molecular complexity index is 607. The minimum Gasteiger partial charge on any atom is -0.289 e. The summed E-state index contributed by atoms with van der Waals surface area (Å²) in [5.74, 6) is 0.887. The summed E-state index contributed by atoms with van der Waals surface area (Å²) in [6.45, 7) is 0. The van der Waals surface area contributed by atoms with Crippen molar-refractivity contribution < 1.29 is 4.79 Å². The zero-order valence-electron chi connectivity index (χ0n) is 8.94. The monoisotopic (exact) mass is 260 g/mol. The van der Waals surface area contributed by atoms with Gasteiger partial charge in [0, 0.05) is 26.8 Å². The van der Waals surface area contributed by atoms with Gasteiger partial charge in [-0.2, -0.15) is 0 Å². The first-order valence-electron chi connectivity index (χ1n) is 5.30. The highest BCUT2D eigenvalue weighted by atomic mass is 35.5. The Morgan fingerprint density at radius 1 is 1.06 bits per heavy atom. The molecule has 0 aromatic heterocycles. The molecule has 0 radical (unpaired) electrons. The van der Waals surface area contributed by atoms with E-state index in [1.165, 1.54) is 0 Å². The number of carbonyl (C=O) groups is 1. The molecule has 2 aromatic carbocycles. The van der Waals surface area contributed by atoms with Crippen LogP contribution in [0.15, 0.2) is 47.4 Å². The highest BCUT2D eigenvalue weighted by Crippen LogP contribution is 2.34. The smallest absolute Gasteiger partial charge is 0.194 e. The zero-order chi connectivity index (χ0) is 11.8. The average Bonchev–Trinajstić information content (AvgIpc) is 2.49. The molecule has 17 heavy (non-hydrogen) atoms. The van der Waals surface area contributed by atoms with Crippen molar-refractivity contribution in [1.82, 2.24) is 0 Å². The van der Waals surface area contributed by atoms with Gasteiger partial charge in [-0.05, 0) is 29.8 Å². The summed E-state index contributed by atoms with van der Waals surface area (Å²) < 4.78 is 0. The fraction of sp³-hybridized carbons (Fsp3) is 0.0714. The molecule has 1 aliphatic rings. The average molecular weight is 261 g/mol. The summed E-state index contributed by atoms with van der Waals surface area (Å²) >= 11 is 7.66. The molecule has 0 saturated carbocycles. The summed E-state index contributed by atoms with van der Waals surface area (Å²) in [6, 6.07) is 13.3. The molecule has 0 aliphatic carbocycles. The molecule has 0 N–H and O–H groups in total. The van der Waals surface area contributed by atoms with Crippen LogP contribution in [0.5, 0.6) is 0 Å². The molecular weight excluding hydrogens is 252 g/mol. The Morgan fingerprint density at radius 2 is 1.88 bits per heavy atom. The molecular formula is C14H9ClOS. The Morgan fingerprint density at radius 3 is 2.76 bits per heavy atom. The molecule has 0 fully saturated rings. The van der Waals surface area contributed by atoms with Gasteiger partial charge in [-0.25, -0.2) is 0 Å². The maximum Gasteiger partial charge on any atom is 0.194 e. The van der Waals surface area contributed by atoms with Crippen molar-refractivity contribution in [2.45, 2.75) is 10.6 Å². The van der Waals surface area contributed by atoms with Crippen molar-refractivity contribution in [2.24, 2.45) is 0 Å². The van der Waals surface area contributed by atoms with E-state index in [0.717, 1.165) is 27.3 Å². The Hall–Kier alpha value is -1.25. The fourth-order valence-electron chi connectivity index (χ4n) is 1.97. The third-order valence-corrected chi connectivity index (χ3v) is 4.19. The van der Waals surface area contributed by atoms with Crippen LogP contribution in [0.4, 0.5) is 0 Å². The first-order chi connectivity index (χ1) is 8.25. The second kappa shape index (κ2) is 4.21. The van der Waals surface area contributed by atoms with Crippen LogP contribution in [-0.4, -0.2) is 5.78 Å². The van der Waals surface area contributed by atoms with Crippen LogP contribution in [0.2, 0.25) is 5.02 Å². The molecule has 1 heterocycles. The summed E-state index contributed by atoms with van der Waals surface area (Å²) in [6.07, 6.45) is 0. The number of carbonyl (C=O) groups excluding carboxylic acids is 1. The predicted molar refractivity (Wildman–Crippen MR) is 70.9 cm³/mol. The standard InChI is InChI=1S/C14H9ClOS/c15-10-6-5-9-8-17-13-4-2-1-3-11(13)14(16)12(9)7-10/h1-7H,8H2. The van der Waals surface area contributed by atoms with Gasteiger partial charge in [-0.1, -0.05) is 29.8 Å². The molecule has 3 rings (SSSR count). The third-order valence-electron chi connectivity index (χ3n) is 2.83. The maximum atomic E-state index is 12.4. The van der Waals surface area contributed by atoms with Crippen molar-refractivity contribution in [3.63, 3.8) is 0 Å². The van der Waals surface area contributed by atoms with Gasteiger partial charge in [0.15, 0.2) is 5.78 Å². The summed E-state index contributed by atoms with van der Waals surface area (Å²) in [5, 5.41) is 0.612. The second-order valence-corrected chi connectivity index (χ2v) is 5.37. The molecule has 0 atom stereocenters. The molecule has 0 saturated heterocycles. The van der Waals surface area contributed by atoms with Crippen LogP contribution in [-0.2, 0) is 5.75 Å². The largest absolute Gasteiger partial charge is 0.289 e. The molecule has 0 unspecified atom stereocenters. The number of ketones is 1. The third kappa shape index (κ3) is 1.88. The number of rotatable bonds is 0. The molecule has 1 nitrogen and oxygen atoms in total. The summed E-state index contributed by atoms with van der Waals surface area (Å²) in [7, 11) is 0. The molecule has 84 valence electrons. The van der Waals surface area contributed by atoms with E-state index in [1.807, 2.05) is 36.4 Å². The lowest BCUT2D eigenvalue weighted by molar-refractivity contribution is 0.103. The topological polar surface area (TPSA) is 17.1 Å². The minimum atomic E-state index is 0.0723. The maximum absolute atomic E-state index is 12.4. The zero-order valence-corrected chi connectivity index (χ0v) is 10.5. The number of hydrogen-bond donors (Lipinski definition) is 0. The van der Waals surface area contributed by atoms with Crippen LogP contribution in [0, 0.1) is 0 Å². The van der Waals surface area contributed by atoms with Crippen LogP contribution in [0.25, 0.3) is 0 Å². The lowest BCUT2D eigenvalue weighted by atomic mass is 9.99. The predicted octanol–water partition coefficient (Wildman–Crippen LogP) is 4.18. The highest BCUT2D eigenvalue weighted by Gasteiger charge is 2.21. The van der Waals surface area contributed by atoms with E-state index in [1.54, 1.807) is 17.8 Å². The van der Waals surface area contributed by atoms with E-state index >= 15 is 0 Å². The molecule has 0 amide bonds. The number of fused-ring (bicyclic) bond motifs is 2. The van der Waals surface area contributed by atoms with Gasteiger partial charge in [-0.15, -0.1) is 11.8 Å². The Kier molecular flexibility index (Phi) is 2.69. The van der Waals surface area contributed by atoms with Gasteiger partial charge < -0.3 is 0 Å². The van der Waals surface area contributed by atoms with Gasteiger partial charge in [0.25, 0.3) is 0 Å². The van der Waals surface area contributed by atoms with Crippen molar-refractivity contribution in [2.75, 3.05) is 0 Å². The fourth-order valence-corrected chi connectivity index (χ4v) is 3.19. The summed E-state index contributed by atoms with van der Waals surface area (Å²) in [4.78, 5) is 13.5. The van der Waals surface area contributed by atoms with Gasteiger partial charge in [0.05, 0.1) is 0 Å². The molecule has 0 bridgehead atoms. The van der Waals surface area contributed by atoms with Crippen molar-refractivity contribution in [1.29, 1.82) is 0 Å². The van der Waals surface area contributed by atoms with Gasteiger partial charge >= 0.3 is 0 Å². The SMILES string of the molecule is O=C1c2cc(Cl)ccc2CSc2ccccc21. The van der Waals surface area contributed by atoms with E-state index in [2.05, 4.69) is 0 Å². The van der Waals surface area contributed by atoms with E-state index in [9.17, 15) is 4.79 Å².